The molecular weight excluding hydrogens is 362 g/mol. The summed E-state index contributed by atoms with van der Waals surface area (Å²) in [5, 5.41) is 5.05. The van der Waals surface area contributed by atoms with Gasteiger partial charge in [-0.1, -0.05) is 30.3 Å². The van der Waals surface area contributed by atoms with Crippen molar-refractivity contribution in [3.8, 4) is 0 Å². The predicted molar refractivity (Wildman–Crippen MR) is 95.7 cm³/mol. The molecule has 0 radical (unpaired) electrons. The fraction of sp³-hybridized carbons (Fsp3) is 0.250. The quantitative estimate of drug-likeness (QED) is 0.737. The molecule has 2 aromatic carbocycles. The maximum absolute atomic E-state index is 12.5. The van der Waals surface area contributed by atoms with Gasteiger partial charge in [0.05, 0.1) is 9.79 Å². The summed E-state index contributed by atoms with van der Waals surface area (Å²) in [7, 11) is -3.98. The Bertz CT molecular complexity index is 955. The minimum absolute atomic E-state index is 0.103. The first-order valence-corrected chi connectivity index (χ1v) is 10.5. The molecule has 0 amide bonds. The third-order valence-electron chi connectivity index (χ3n) is 3.50. The molecule has 0 saturated carbocycles. The minimum Gasteiger partial charge on any atom is -0.305 e. The Morgan fingerprint density at radius 1 is 0.920 bits per heavy atom. The molecule has 0 unspecified atom stereocenters. The van der Waals surface area contributed by atoms with Crippen molar-refractivity contribution in [1.82, 2.24) is 9.62 Å². The molecule has 0 spiro atoms. The van der Waals surface area contributed by atoms with Gasteiger partial charge in [0.2, 0.25) is 20.0 Å². The molecule has 0 bridgehead atoms. The molecule has 0 aromatic heterocycles. The van der Waals surface area contributed by atoms with E-state index in [4.69, 9.17) is 5.14 Å². The number of primary sulfonamides is 1. The van der Waals surface area contributed by atoms with Crippen LogP contribution in [0.3, 0.4) is 0 Å². The van der Waals surface area contributed by atoms with Crippen molar-refractivity contribution in [3.63, 3.8) is 0 Å². The number of nitrogens with one attached hydrogen (secondary N) is 1. The van der Waals surface area contributed by atoms with Crippen LogP contribution in [0.5, 0.6) is 0 Å². The Morgan fingerprint density at radius 3 is 2.12 bits per heavy atom. The van der Waals surface area contributed by atoms with Gasteiger partial charge in [0.15, 0.2) is 0 Å². The van der Waals surface area contributed by atoms with Gasteiger partial charge in [-0.2, -0.15) is 0 Å². The summed E-state index contributed by atoms with van der Waals surface area (Å²) in [5.74, 6) is 0. The van der Waals surface area contributed by atoms with E-state index in [-0.39, 0.29) is 16.3 Å². The number of sulfonamides is 2. The fourth-order valence-electron chi connectivity index (χ4n) is 2.30. The monoisotopic (exact) mass is 383 g/mol. The lowest BCUT2D eigenvalue weighted by Gasteiger charge is -2.15. The Morgan fingerprint density at radius 2 is 1.52 bits per heavy atom. The highest BCUT2D eigenvalue weighted by molar-refractivity contribution is 7.90. The van der Waals surface area contributed by atoms with E-state index in [9.17, 15) is 16.8 Å². The lowest BCUT2D eigenvalue weighted by atomic mass is 10.1. The first-order chi connectivity index (χ1) is 11.6. The molecule has 2 aromatic rings. The summed E-state index contributed by atoms with van der Waals surface area (Å²) < 4.78 is 50.2. The van der Waals surface area contributed by atoms with Crippen LogP contribution in [0, 0.1) is 0 Å². The third-order valence-corrected chi connectivity index (χ3v) is 5.81. The summed E-state index contributed by atoms with van der Waals surface area (Å²) in [6, 6.07) is 12.5. The Kier molecular flexibility index (Phi) is 5.96. The van der Waals surface area contributed by atoms with E-state index >= 15 is 0 Å². The number of benzene rings is 2. The Hall–Kier alpha value is -1.78. The summed E-state index contributed by atoms with van der Waals surface area (Å²) in [5.41, 5.74) is 1.86. The molecule has 0 fully saturated rings. The van der Waals surface area contributed by atoms with Crippen molar-refractivity contribution in [2.24, 2.45) is 5.14 Å². The fourth-order valence-corrected chi connectivity index (χ4v) is 3.99. The molecule has 0 atom stereocenters. The average molecular weight is 383 g/mol. The number of nitrogens with zero attached hydrogens (tertiary/aromatic N) is 1. The first-order valence-electron chi connectivity index (χ1n) is 7.43. The van der Waals surface area contributed by atoms with Gasteiger partial charge >= 0.3 is 0 Å². The smallest absolute Gasteiger partial charge is 0.240 e. The van der Waals surface area contributed by atoms with Gasteiger partial charge in [-0.3, -0.25) is 0 Å². The van der Waals surface area contributed by atoms with Crippen LogP contribution in [0.15, 0.2) is 58.3 Å². The standard InChI is InChI=1S/C16H21N3O4S2/c1-19(2)12-14-7-4-3-6-13(14)11-18-25(22,23)16-9-5-8-15(10-16)24(17,20)21/h3-10,18H,11-12H2,1-2H3,(H2,17,20,21). The van der Waals surface area contributed by atoms with E-state index in [0.29, 0.717) is 6.54 Å². The van der Waals surface area contributed by atoms with Crippen LogP contribution in [0.2, 0.25) is 0 Å². The zero-order chi connectivity index (χ0) is 18.7. The van der Waals surface area contributed by atoms with Gasteiger partial charge in [-0.15, -0.1) is 0 Å². The van der Waals surface area contributed by atoms with Crippen LogP contribution in [-0.4, -0.2) is 35.8 Å². The van der Waals surface area contributed by atoms with Crippen LogP contribution in [0.4, 0.5) is 0 Å². The average Bonchev–Trinajstić information content (AvgIpc) is 2.53. The van der Waals surface area contributed by atoms with E-state index in [0.717, 1.165) is 17.2 Å². The highest BCUT2D eigenvalue weighted by atomic mass is 32.2. The van der Waals surface area contributed by atoms with Crippen molar-refractivity contribution in [3.05, 3.63) is 59.7 Å². The van der Waals surface area contributed by atoms with E-state index in [1.54, 1.807) is 0 Å². The minimum atomic E-state index is -3.97. The van der Waals surface area contributed by atoms with Gasteiger partial charge in [0, 0.05) is 13.1 Å². The number of hydrogen-bond donors (Lipinski definition) is 2. The van der Waals surface area contributed by atoms with Crippen LogP contribution in [0.25, 0.3) is 0 Å². The second-order valence-electron chi connectivity index (χ2n) is 5.85. The van der Waals surface area contributed by atoms with Crippen molar-refractivity contribution in [2.45, 2.75) is 22.9 Å². The van der Waals surface area contributed by atoms with E-state index < -0.39 is 20.0 Å². The van der Waals surface area contributed by atoms with Gasteiger partial charge in [-0.25, -0.2) is 26.7 Å². The molecule has 3 N–H and O–H groups in total. The molecule has 7 nitrogen and oxygen atoms in total. The molecule has 0 aliphatic carbocycles. The lowest BCUT2D eigenvalue weighted by molar-refractivity contribution is 0.400. The summed E-state index contributed by atoms with van der Waals surface area (Å²) >= 11 is 0. The van der Waals surface area contributed by atoms with E-state index in [1.165, 1.54) is 18.2 Å². The van der Waals surface area contributed by atoms with Gasteiger partial charge < -0.3 is 4.90 Å². The molecule has 2 rings (SSSR count). The largest absolute Gasteiger partial charge is 0.305 e. The second-order valence-corrected chi connectivity index (χ2v) is 9.18. The Labute approximate surface area is 148 Å². The highest BCUT2D eigenvalue weighted by Crippen LogP contribution is 2.16. The van der Waals surface area contributed by atoms with Crippen molar-refractivity contribution in [2.75, 3.05) is 14.1 Å². The zero-order valence-corrected chi connectivity index (χ0v) is 15.6. The number of rotatable bonds is 7. The van der Waals surface area contributed by atoms with E-state index in [1.807, 2.05) is 43.3 Å². The molecule has 0 aliphatic rings. The molecule has 0 aliphatic heterocycles. The van der Waals surface area contributed by atoms with Gasteiger partial charge in [0.25, 0.3) is 0 Å². The first kappa shape index (κ1) is 19.5. The Balaban J connectivity index is 2.24. The summed E-state index contributed by atoms with van der Waals surface area (Å²) in [4.78, 5) is 1.59. The maximum Gasteiger partial charge on any atom is 0.240 e. The van der Waals surface area contributed by atoms with Crippen LogP contribution in [-0.2, 0) is 33.1 Å². The maximum atomic E-state index is 12.5. The van der Waals surface area contributed by atoms with Crippen LogP contribution < -0.4 is 9.86 Å². The molecule has 9 heteroatoms. The van der Waals surface area contributed by atoms with Crippen molar-refractivity contribution >= 4 is 20.0 Å². The van der Waals surface area contributed by atoms with Crippen LogP contribution in [0.1, 0.15) is 11.1 Å². The molecule has 0 heterocycles. The zero-order valence-electron chi connectivity index (χ0n) is 14.0. The van der Waals surface area contributed by atoms with Crippen LogP contribution >= 0.6 is 0 Å². The third kappa shape index (κ3) is 5.35. The van der Waals surface area contributed by atoms with Crippen molar-refractivity contribution in [1.29, 1.82) is 0 Å². The lowest BCUT2D eigenvalue weighted by Crippen LogP contribution is -2.25. The highest BCUT2D eigenvalue weighted by Gasteiger charge is 2.17. The molecular formula is C16H21N3O4S2. The second kappa shape index (κ2) is 7.63. The van der Waals surface area contributed by atoms with Crippen molar-refractivity contribution < 1.29 is 16.8 Å². The molecule has 136 valence electrons. The summed E-state index contributed by atoms with van der Waals surface area (Å²) in [6.07, 6.45) is 0. The normalized spacial score (nSPS) is 12.5. The number of hydrogen-bond acceptors (Lipinski definition) is 5. The topological polar surface area (TPSA) is 110 Å². The molecule has 25 heavy (non-hydrogen) atoms. The SMILES string of the molecule is CN(C)Cc1ccccc1CNS(=O)(=O)c1cccc(S(N)(=O)=O)c1. The van der Waals surface area contributed by atoms with Gasteiger partial charge in [-0.05, 0) is 43.4 Å². The summed E-state index contributed by atoms with van der Waals surface area (Å²) in [6.45, 7) is 0.782. The van der Waals surface area contributed by atoms with Gasteiger partial charge in [0.1, 0.15) is 0 Å². The van der Waals surface area contributed by atoms with E-state index in [2.05, 4.69) is 4.72 Å². The predicted octanol–water partition coefficient (Wildman–Crippen LogP) is 0.874. The number of nitrogens with two attached hydrogens (primary N) is 1. The molecule has 0 saturated heterocycles.